The molecule has 2 rings (SSSR count). The Kier molecular flexibility index (Phi) is 1.62. The highest BCUT2D eigenvalue weighted by Gasteiger charge is 2.17. The largest absolute Gasteiger partial charge is 0.192 e. The molecule has 0 aromatic heterocycles. The fourth-order valence-corrected chi connectivity index (χ4v) is 1.90. The number of hydrogen-bond donors (Lipinski definition) is 0. The summed E-state index contributed by atoms with van der Waals surface area (Å²) < 4.78 is 0. The summed E-state index contributed by atoms with van der Waals surface area (Å²) >= 11 is 0. The Hall–Kier alpha value is -1.29. The second kappa shape index (κ2) is 2.64. The molecule has 60 valence electrons. The van der Waals surface area contributed by atoms with E-state index in [-0.39, 0.29) is 0 Å². The Bertz CT molecular complexity index is 347. The lowest BCUT2D eigenvalue weighted by atomic mass is 10.0. The normalized spacial score (nSPS) is 20.2. The molecule has 0 heterocycles. The topological polar surface area (TPSA) is 23.8 Å². The molecule has 0 N–H and O–H groups in total. The summed E-state index contributed by atoms with van der Waals surface area (Å²) in [7, 11) is 0. The molecule has 1 heteroatoms. The van der Waals surface area contributed by atoms with Crippen LogP contribution in [0.4, 0.5) is 0 Å². The van der Waals surface area contributed by atoms with Crippen LogP contribution in [0.1, 0.15) is 36.0 Å². The van der Waals surface area contributed by atoms with Gasteiger partial charge in [-0.1, -0.05) is 13.0 Å². The number of fused-ring (bicyclic) bond motifs is 1. The Morgan fingerprint density at radius 1 is 1.50 bits per heavy atom. The highest BCUT2D eigenvalue weighted by atomic mass is 14.3. The second-order valence-electron chi connectivity index (χ2n) is 3.47. The van der Waals surface area contributed by atoms with E-state index in [1.54, 1.807) is 0 Å². The smallest absolute Gasteiger partial charge is 0.0991 e. The van der Waals surface area contributed by atoms with Gasteiger partial charge in [-0.3, -0.25) is 0 Å². The van der Waals surface area contributed by atoms with Gasteiger partial charge in [0.1, 0.15) is 0 Å². The number of nitrogens with zero attached hydrogens (tertiary/aromatic N) is 1. The van der Waals surface area contributed by atoms with E-state index in [2.05, 4.69) is 19.1 Å². The van der Waals surface area contributed by atoms with Crippen molar-refractivity contribution in [3.63, 3.8) is 0 Å². The number of hydrogen-bond acceptors (Lipinski definition) is 1. The minimum Gasteiger partial charge on any atom is -0.192 e. The molecule has 0 bridgehead atoms. The van der Waals surface area contributed by atoms with Gasteiger partial charge in [-0.15, -0.1) is 0 Å². The lowest BCUT2D eigenvalue weighted by molar-refractivity contribution is 0.747. The molecule has 1 nitrogen and oxygen atoms in total. The van der Waals surface area contributed by atoms with Crippen LogP contribution in [0.25, 0.3) is 0 Å². The fraction of sp³-hybridized carbons (Fsp3) is 0.364. The molecule has 0 spiro atoms. The molecule has 1 aliphatic rings. The van der Waals surface area contributed by atoms with Gasteiger partial charge in [-0.05, 0) is 42.0 Å². The van der Waals surface area contributed by atoms with Crippen molar-refractivity contribution in [2.45, 2.75) is 25.7 Å². The van der Waals surface area contributed by atoms with Crippen LogP contribution in [0.5, 0.6) is 0 Å². The molecule has 0 saturated carbocycles. The van der Waals surface area contributed by atoms with E-state index in [4.69, 9.17) is 5.26 Å². The molecule has 1 atom stereocenters. The first kappa shape index (κ1) is 7.36. The lowest BCUT2D eigenvalue weighted by Crippen LogP contribution is -1.86. The minimum atomic E-state index is 0.688. The van der Waals surface area contributed by atoms with Gasteiger partial charge in [0, 0.05) is 0 Å². The Balaban J connectivity index is 2.50. The van der Waals surface area contributed by atoms with E-state index >= 15 is 0 Å². The molecule has 1 unspecified atom stereocenters. The van der Waals surface area contributed by atoms with Gasteiger partial charge in [-0.25, -0.2) is 0 Å². The van der Waals surface area contributed by atoms with Crippen molar-refractivity contribution in [1.29, 1.82) is 5.26 Å². The van der Waals surface area contributed by atoms with Gasteiger partial charge < -0.3 is 0 Å². The highest BCUT2D eigenvalue weighted by Crippen LogP contribution is 2.32. The molecule has 1 aliphatic carbocycles. The molecule has 0 saturated heterocycles. The van der Waals surface area contributed by atoms with Crippen LogP contribution in [-0.4, -0.2) is 0 Å². The standard InChI is InChI=1S/C11H11N/c1-8-2-4-10-6-9(7-12)3-5-11(8)10/h3,5-6,8H,2,4H2,1H3. The van der Waals surface area contributed by atoms with Crippen molar-refractivity contribution in [2.24, 2.45) is 0 Å². The third-order valence-electron chi connectivity index (χ3n) is 2.65. The zero-order chi connectivity index (χ0) is 8.55. The summed E-state index contributed by atoms with van der Waals surface area (Å²) in [5.74, 6) is 0.688. The van der Waals surface area contributed by atoms with Gasteiger partial charge in [0.15, 0.2) is 0 Å². The predicted octanol–water partition coefficient (Wildman–Crippen LogP) is 2.61. The zero-order valence-electron chi connectivity index (χ0n) is 7.17. The molecular weight excluding hydrogens is 146 g/mol. The average molecular weight is 157 g/mol. The van der Waals surface area contributed by atoms with Gasteiger partial charge in [0.25, 0.3) is 0 Å². The van der Waals surface area contributed by atoms with Crippen molar-refractivity contribution in [3.8, 4) is 6.07 Å². The van der Waals surface area contributed by atoms with Crippen LogP contribution >= 0.6 is 0 Å². The third kappa shape index (κ3) is 1.00. The van der Waals surface area contributed by atoms with Crippen LogP contribution in [0, 0.1) is 11.3 Å². The number of benzene rings is 1. The zero-order valence-corrected chi connectivity index (χ0v) is 7.17. The molecule has 12 heavy (non-hydrogen) atoms. The molecule has 0 fully saturated rings. The van der Waals surface area contributed by atoms with Crippen molar-refractivity contribution in [3.05, 3.63) is 34.9 Å². The third-order valence-corrected chi connectivity index (χ3v) is 2.65. The number of rotatable bonds is 0. The summed E-state index contributed by atoms with van der Waals surface area (Å²) in [5.41, 5.74) is 3.61. The molecule has 0 amide bonds. The van der Waals surface area contributed by atoms with Gasteiger partial charge in [0.2, 0.25) is 0 Å². The minimum absolute atomic E-state index is 0.688. The first-order valence-electron chi connectivity index (χ1n) is 4.34. The maximum absolute atomic E-state index is 8.68. The van der Waals surface area contributed by atoms with E-state index in [0.29, 0.717) is 5.92 Å². The molecule has 0 aliphatic heterocycles. The quantitative estimate of drug-likeness (QED) is 0.568. The van der Waals surface area contributed by atoms with Crippen LogP contribution in [0.2, 0.25) is 0 Å². The molecule has 1 aromatic rings. The van der Waals surface area contributed by atoms with E-state index in [0.717, 1.165) is 12.0 Å². The summed E-state index contributed by atoms with van der Waals surface area (Å²) in [5, 5.41) is 8.68. The van der Waals surface area contributed by atoms with Crippen molar-refractivity contribution >= 4 is 0 Å². The van der Waals surface area contributed by atoms with E-state index in [1.165, 1.54) is 17.5 Å². The first-order chi connectivity index (χ1) is 5.81. The van der Waals surface area contributed by atoms with Crippen molar-refractivity contribution in [2.75, 3.05) is 0 Å². The van der Waals surface area contributed by atoms with E-state index in [1.807, 2.05) is 12.1 Å². The predicted molar refractivity (Wildman–Crippen MR) is 47.9 cm³/mol. The summed E-state index contributed by atoms with van der Waals surface area (Å²) in [4.78, 5) is 0. The molecule has 0 radical (unpaired) electrons. The maximum atomic E-state index is 8.68. The van der Waals surface area contributed by atoms with Crippen molar-refractivity contribution in [1.82, 2.24) is 0 Å². The van der Waals surface area contributed by atoms with E-state index < -0.39 is 0 Å². The first-order valence-corrected chi connectivity index (χ1v) is 4.34. The van der Waals surface area contributed by atoms with Crippen LogP contribution in [0.3, 0.4) is 0 Å². The monoisotopic (exact) mass is 157 g/mol. The second-order valence-corrected chi connectivity index (χ2v) is 3.47. The SMILES string of the molecule is CC1CCc2cc(C#N)ccc21. The van der Waals surface area contributed by atoms with Crippen LogP contribution in [0.15, 0.2) is 18.2 Å². The summed E-state index contributed by atoms with van der Waals surface area (Å²) in [6.45, 7) is 2.25. The van der Waals surface area contributed by atoms with Gasteiger partial charge in [-0.2, -0.15) is 5.26 Å². The fourth-order valence-electron chi connectivity index (χ4n) is 1.90. The summed E-state index contributed by atoms with van der Waals surface area (Å²) in [6.07, 6.45) is 2.39. The number of nitriles is 1. The average Bonchev–Trinajstić information content (AvgIpc) is 2.47. The maximum Gasteiger partial charge on any atom is 0.0991 e. The van der Waals surface area contributed by atoms with E-state index in [9.17, 15) is 0 Å². The van der Waals surface area contributed by atoms with Gasteiger partial charge >= 0.3 is 0 Å². The van der Waals surface area contributed by atoms with Crippen LogP contribution < -0.4 is 0 Å². The van der Waals surface area contributed by atoms with Gasteiger partial charge in [0.05, 0.1) is 11.6 Å². The van der Waals surface area contributed by atoms with Crippen LogP contribution in [-0.2, 0) is 6.42 Å². The van der Waals surface area contributed by atoms with Crippen molar-refractivity contribution < 1.29 is 0 Å². The Morgan fingerprint density at radius 2 is 2.33 bits per heavy atom. The molecular formula is C11H11N. The highest BCUT2D eigenvalue weighted by molar-refractivity contribution is 5.42. The number of aryl methyl sites for hydroxylation is 1. The Morgan fingerprint density at radius 3 is 3.08 bits per heavy atom. The Labute approximate surface area is 72.6 Å². The molecule has 1 aromatic carbocycles. The summed E-state index contributed by atoms with van der Waals surface area (Å²) in [6, 6.07) is 8.22. The lowest BCUT2D eigenvalue weighted by Gasteiger charge is -2.02.